The molecule has 0 saturated carbocycles. The smallest absolute Gasteiger partial charge is 0.258 e. The van der Waals surface area contributed by atoms with Crippen molar-refractivity contribution in [2.24, 2.45) is 0 Å². The third-order valence-electron chi connectivity index (χ3n) is 8.15. The summed E-state index contributed by atoms with van der Waals surface area (Å²) in [6.07, 6.45) is 12.7. The Labute approximate surface area is 244 Å². The molecule has 7 nitrogen and oxygen atoms in total. The first kappa shape index (κ1) is 29.0. The van der Waals surface area contributed by atoms with Gasteiger partial charge >= 0.3 is 0 Å². The number of anilines is 1. The van der Waals surface area contributed by atoms with E-state index in [2.05, 4.69) is 44.8 Å². The van der Waals surface area contributed by atoms with E-state index in [1.165, 1.54) is 50.8 Å². The van der Waals surface area contributed by atoms with Gasteiger partial charge in [-0.2, -0.15) is 0 Å². The van der Waals surface area contributed by atoms with Crippen LogP contribution in [0.4, 0.5) is 5.69 Å². The van der Waals surface area contributed by atoms with Crippen LogP contribution < -0.4 is 15.5 Å². The van der Waals surface area contributed by atoms with E-state index in [1.807, 2.05) is 23.1 Å². The Balaban J connectivity index is 1.31. The molecule has 1 aromatic heterocycles. The third-order valence-corrected chi connectivity index (χ3v) is 8.15. The van der Waals surface area contributed by atoms with E-state index in [0.717, 1.165) is 49.2 Å². The second-order valence-electron chi connectivity index (χ2n) is 11.3. The van der Waals surface area contributed by atoms with Gasteiger partial charge < -0.3 is 15.5 Å². The molecule has 3 aromatic rings. The molecular weight excluding hydrogens is 510 g/mol. The van der Waals surface area contributed by atoms with Crippen LogP contribution in [0.1, 0.15) is 88.8 Å². The third kappa shape index (κ3) is 8.24. The summed E-state index contributed by atoms with van der Waals surface area (Å²) in [6, 6.07) is 17.8. The number of hydrogen-bond acceptors (Lipinski definition) is 5. The monoisotopic (exact) mass is 553 g/mol. The molecular formula is C34H43N5O2. The standard InChI is InChI=1S/C34H43N5O2/c40-33(37-24-27-10-9-11-28(22-27)26-38-19-6-4-7-20-38)30-12-13-32-31(23-30)25-36-16-5-2-1-3-8-21-39(32)34(41)29-14-17-35-18-15-29/h9-15,17-18,22-23,36H,1-8,16,19-21,24-26H2,(H,37,40). The number of nitrogens with zero attached hydrogens (tertiary/aromatic N) is 3. The minimum absolute atomic E-state index is 0.0349. The summed E-state index contributed by atoms with van der Waals surface area (Å²) in [4.78, 5) is 35.4. The molecule has 1 fully saturated rings. The van der Waals surface area contributed by atoms with Gasteiger partial charge in [0.15, 0.2) is 0 Å². The maximum absolute atomic E-state index is 13.6. The van der Waals surface area contributed by atoms with Crippen LogP contribution in [0, 0.1) is 0 Å². The average Bonchev–Trinajstić information content (AvgIpc) is 3.01. The number of amides is 2. The van der Waals surface area contributed by atoms with Gasteiger partial charge in [-0.15, -0.1) is 0 Å². The van der Waals surface area contributed by atoms with E-state index in [4.69, 9.17) is 0 Å². The predicted molar refractivity (Wildman–Crippen MR) is 164 cm³/mol. The highest BCUT2D eigenvalue weighted by atomic mass is 16.2. The van der Waals surface area contributed by atoms with Gasteiger partial charge in [-0.3, -0.25) is 19.5 Å². The number of benzene rings is 2. The predicted octanol–water partition coefficient (Wildman–Crippen LogP) is 5.70. The molecule has 216 valence electrons. The van der Waals surface area contributed by atoms with Crippen molar-refractivity contribution in [1.82, 2.24) is 20.5 Å². The summed E-state index contributed by atoms with van der Waals surface area (Å²) in [6.45, 7) is 5.95. The lowest BCUT2D eigenvalue weighted by molar-refractivity contribution is 0.0949. The second kappa shape index (κ2) is 14.9. The summed E-state index contributed by atoms with van der Waals surface area (Å²) < 4.78 is 0. The zero-order chi connectivity index (χ0) is 28.3. The number of rotatable bonds is 6. The zero-order valence-electron chi connectivity index (χ0n) is 24.1. The van der Waals surface area contributed by atoms with E-state index in [0.29, 0.717) is 30.8 Å². The Bertz CT molecular complexity index is 1290. The molecule has 1 saturated heterocycles. The number of piperidine rings is 1. The topological polar surface area (TPSA) is 77.6 Å². The quantitative estimate of drug-likeness (QED) is 0.410. The molecule has 7 heteroatoms. The number of nitrogens with one attached hydrogen (secondary N) is 2. The molecule has 0 atom stereocenters. The van der Waals surface area contributed by atoms with Crippen LogP contribution in [-0.2, 0) is 19.6 Å². The van der Waals surface area contributed by atoms with Crippen molar-refractivity contribution in [2.75, 3.05) is 31.1 Å². The number of fused-ring (bicyclic) bond motifs is 1. The van der Waals surface area contributed by atoms with E-state index in [9.17, 15) is 9.59 Å². The van der Waals surface area contributed by atoms with Crippen LogP contribution >= 0.6 is 0 Å². The first-order valence-corrected chi connectivity index (χ1v) is 15.3. The number of hydrogen-bond donors (Lipinski definition) is 2. The van der Waals surface area contributed by atoms with Gasteiger partial charge in [0.25, 0.3) is 11.8 Å². The van der Waals surface area contributed by atoms with Crippen LogP contribution in [0.25, 0.3) is 0 Å². The zero-order valence-corrected chi connectivity index (χ0v) is 24.1. The fraction of sp³-hybridized carbons (Fsp3) is 0.441. The van der Waals surface area contributed by atoms with Gasteiger partial charge in [0.2, 0.25) is 0 Å². The van der Waals surface area contributed by atoms with Crippen LogP contribution in [0.2, 0.25) is 0 Å². The highest BCUT2D eigenvalue weighted by molar-refractivity contribution is 6.06. The molecule has 5 rings (SSSR count). The maximum Gasteiger partial charge on any atom is 0.258 e. The van der Waals surface area contributed by atoms with Crippen LogP contribution in [0.5, 0.6) is 0 Å². The first-order chi connectivity index (χ1) is 20.2. The number of carbonyl (C=O) groups is 2. The molecule has 0 radical (unpaired) electrons. The van der Waals surface area contributed by atoms with Crippen LogP contribution in [0.15, 0.2) is 67.0 Å². The molecule has 41 heavy (non-hydrogen) atoms. The van der Waals surface area contributed by atoms with Crippen molar-refractivity contribution in [3.05, 3.63) is 94.8 Å². The van der Waals surface area contributed by atoms with E-state index in [1.54, 1.807) is 24.5 Å². The van der Waals surface area contributed by atoms with Crippen molar-refractivity contribution >= 4 is 17.5 Å². The van der Waals surface area contributed by atoms with Crippen molar-refractivity contribution < 1.29 is 9.59 Å². The number of carbonyl (C=O) groups excluding carboxylic acids is 2. The second-order valence-corrected chi connectivity index (χ2v) is 11.3. The van der Waals surface area contributed by atoms with E-state index < -0.39 is 0 Å². The molecule has 3 heterocycles. The summed E-state index contributed by atoms with van der Waals surface area (Å²) >= 11 is 0. The van der Waals surface area contributed by atoms with Crippen LogP contribution in [0.3, 0.4) is 0 Å². The Kier molecular flexibility index (Phi) is 10.5. The lowest BCUT2D eigenvalue weighted by Crippen LogP contribution is -2.34. The Morgan fingerprint density at radius 3 is 2.37 bits per heavy atom. The van der Waals surface area contributed by atoms with E-state index in [-0.39, 0.29) is 11.8 Å². The van der Waals surface area contributed by atoms with E-state index >= 15 is 0 Å². The summed E-state index contributed by atoms with van der Waals surface area (Å²) in [5.74, 6) is -0.139. The van der Waals surface area contributed by atoms with Crippen molar-refractivity contribution in [3.63, 3.8) is 0 Å². The summed E-state index contributed by atoms with van der Waals surface area (Å²) in [7, 11) is 0. The van der Waals surface area contributed by atoms with Gasteiger partial charge in [0.1, 0.15) is 0 Å². The van der Waals surface area contributed by atoms with Gasteiger partial charge in [-0.1, -0.05) is 49.9 Å². The fourth-order valence-electron chi connectivity index (χ4n) is 5.88. The summed E-state index contributed by atoms with van der Waals surface area (Å²) in [5.41, 5.74) is 5.46. The van der Waals surface area contributed by atoms with Gasteiger partial charge in [0, 0.05) is 55.4 Å². The molecule has 0 aliphatic carbocycles. The molecule has 2 amide bonds. The van der Waals surface area contributed by atoms with Crippen molar-refractivity contribution in [2.45, 2.75) is 71.0 Å². The molecule has 0 bridgehead atoms. The molecule has 0 spiro atoms. The van der Waals surface area contributed by atoms with Gasteiger partial charge in [-0.05, 0) is 92.3 Å². The minimum Gasteiger partial charge on any atom is -0.348 e. The van der Waals surface area contributed by atoms with Gasteiger partial charge in [0.05, 0.1) is 0 Å². The van der Waals surface area contributed by atoms with Crippen molar-refractivity contribution in [3.8, 4) is 0 Å². The highest BCUT2D eigenvalue weighted by Crippen LogP contribution is 2.26. The normalized spacial score (nSPS) is 17.1. The number of pyridine rings is 1. The average molecular weight is 554 g/mol. The summed E-state index contributed by atoms with van der Waals surface area (Å²) in [5, 5.41) is 6.66. The molecule has 2 aromatic carbocycles. The highest BCUT2D eigenvalue weighted by Gasteiger charge is 2.22. The Hall–Kier alpha value is -3.55. The molecule has 2 aliphatic rings. The molecule has 2 N–H and O–H groups in total. The Morgan fingerprint density at radius 1 is 0.780 bits per heavy atom. The lowest BCUT2D eigenvalue weighted by Gasteiger charge is -2.27. The number of likely N-dealkylation sites (tertiary alicyclic amines) is 1. The largest absolute Gasteiger partial charge is 0.348 e. The van der Waals surface area contributed by atoms with Crippen LogP contribution in [-0.4, -0.2) is 47.9 Å². The maximum atomic E-state index is 13.6. The SMILES string of the molecule is O=C(NCc1cccc(CN2CCCCC2)c1)c1ccc2c(c1)CNCCCCCCCN2C(=O)c1ccncc1. The Morgan fingerprint density at radius 2 is 1.51 bits per heavy atom. The first-order valence-electron chi connectivity index (χ1n) is 15.3. The molecule has 2 aliphatic heterocycles. The minimum atomic E-state index is -0.104. The molecule has 0 unspecified atom stereocenters. The lowest BCUT2D eigenvalue weighted by atomic mass is 10.0. The van der Waals surface area contributed by atoms with Crippen molar-refractivity contribution in [1.29, 1.82) is 0 Å². The number of aromatic nitrogens is 1. The van der Waals surface area contributed by atoms with Gasteiger partial charge in [-0.25, -0.2) is 0 Å². The fourth-order valence-corrected chi connectivity index (χ4v) is 5.88.